The molecule has 0 aliphatic heterocycles. The summed E-state index contributed by atoms with van der Waals surface area (Å²) in [5.74, 6) is 1.15. The van der Waals surface area contributed by atoms with E-state index in [9.17, 15) is 9.59 Å². The predicted molar refractivity (Wildman–Crippen MR) is 156 cm³/mol. The number of carbonyl (C=O) groups excluding carboxylic acids is 2. The highest BCUT2D eigenvalue weighted by atomic mass is 35.5. The van der Waals surface area contributed by atoms with E-state index >= 15 is 0 Å². The number of amides is 2. The Kier molecular flexibility index (Phi) is 11.1. The first-order valence-electron chi connectivity index (χ1n) is 12.7. The number of thioether (sulfide) groups is 1. The Hall–Kier alpha value is -2.76. The second-order valence-electron chi connectivity index (χ2n) is 9.98. The Bertz CT molecular complexity index is 1160. The molecule has 0 saturated heterocycles. The van der Waals surface area contributed by atoms with Crippen LogP contribution in [0.1, 0.15) is 41.7 Å². The fraction of sp³-hybridized carbons (Fsp3) is 0.355. The smallest absolute Gasteiger partial charge is 0.243 e. The van der Waals surface area contributed by atoms with E-state index in [1.54, 1.807) is 16.7 Å². The number of rotatable bonds is 12. The quantitative estimate of drug-likeness (QED) is 0.283. The zero-order valence-corrected chi connectivity index (χ0v) is 23.7. The summed E-state index contributed by atoms with van der Waals surface area (Å²) in [6, 6.07) is 23.2. The molecule has 1 N–H and O–H groups in total. The van der Waals surface area contributed by atoms with E-state index in [-0.39, 0.29) is 17.6 Å². The van der Waals surface area contributed by atoms with Crippen LogP contribution in [0.2, 0.25) is 5.02 Å². The van der Waals surface area contributed by atoms with Gasteiger partial charge in [0, 0.05) is 30.3 Å². The molecular formula is C31H37ClN2O2S. The fourth-order valence-corrected chi connectivity index (χ4v) is 5.36. The molecule has 0 bridgehead atoms. The third-order valence-corrected chi connectivity index (χ3v) is 7.20. The van der Waals surface area contributed by atoms with E-state index in [1.807, 2.05) is 54.6 Å². The van der Waals surface area contributed by atoms with Gasteiger partial charge in [0.25, 0.3) is 0 Å². The minimum atomic E-state index is -0.630. The number of nitrogens with one attached hydrogen (secondary N) is 1. The molecule has 1 atom stereocenters. The van der Waals surface area contributed by atoms with Gasteiger partial charge in [-0.1, -0.05) is 97.2 Å². The SMILES string of the molecule is Cc1cc(C)cc(CSCC(=O)N(Cc2cccc(Cl)c2)C(Cc2ccccc2)C(=O)NCC(C)C)c1. The fourth-order valence-electron chi connectivity index (χ4n) is 4.30. The molecule has 196 valence electrons. The number of nitrogens with zero attached hydrogens (tertiary/aromatic N) is 1. The van der Waals surface area contributed by atoms with Crippen LogP contribution in [0.5, 0.6) is 0 Å². The Balaban J connectivity index is 1.85. The second-order valence-corrected chi connectivity index (χ2v) is 11.4. The highest BCUT2D eigenvalue weighted by Gasteiger charge is 2.30. The molecule has 2 amide bonds. The standard InChI is InChI=1S/C31H37ClN2O2S/c1-22(2)18-33-31(36)29(17-25-9-6-5-7-10-25)34(19-26-11-8-12-28(32)16-26)30(35)21-37-20-27-14-23(3)13-24(4)15-27/h5-16,22,29H,17-21H2,1-4H3,(H,33,36). The zero-order valence-electron chi connectivity index (χ0n) is 22.2. The van der Waals surface area contributed by atoms with Gasteiger partial charge < -0.3 is 10.2 Å². The lowest BCUT2D eigenvalue weighted by atomic mass is 10.0. The van der Waals surface area contributed by atoms with Crippen molar-refractivity contribution in [2.24, 2.45) is 5.92 Å². The van der Waals surface area contributed by atoms with Crippen molar-refractivity contribution in [3.63, 3.8) is 0 Å². The number of aryl methyl sites for hydroxylation is 2. The first kappa shape index (κ1) is 28.8. The number of carbonyl (C=O) groups is 2. The molecule has 37 heavy (non-hydrogen) atoms. The van der Waals surface area contributed by atoms with Crippen LogP contribution in [0.15, 0.2) is 72.8 Å². The molecule has 3 aromatic carbocycles. The third kappa shape index (κ3) is 9.56. The van der Waals surface area contributed by atoms with Crippen LogP contribution in [0.4, 0.5) is 0 Å². The number of benzene rings is 3. The maximum absolute atomic E-state index is 13.7. The lowest BCUT2D eigenvalue weighted by Crippen LogP contribution is -2.51. The van der Waals surface area contributed by atoms with Crippen LogP contribution in [0, 0.1) is 19.8 Å². The molecule has 6 heteroatoms. The highest BCUT2D eigenvalue weighted by Crippen LogP contribution is 2.21. The van der Waals surface area contributed by atoms with Gasteiger partial charge in [-0.3, -0.25) is 9.59 Å². The molecule has 3 aromatic rings. The molecule has 0 aliphatic carbocycles. The molecule has 0 aromatic heterocycles. The molecule has 1 unspecified atom stereocenters. The average Bonchev–Trinajstić information content (AvgIpc) is 2.84. The van der Waals surface area contributed by atoms with E-state index in [0.29, 0.717) is 30.5 Å². The Morgan fingerprint density at radius 2 is 1.57 bits per heavy atom. The number of hydrogen-bond donors (Lipinski definition) is 1. The van der Waals surface area contributed by atoms with Crippen molar-refractivity contribution in [1.82, 2.24) is 10.2 Å². The molecule has 4 nitrogen and oxygen atoms in total. The molecule has 0 radical (unpaired) electrons. The lowest BCUT2D eigenvalue weighted by molar-refractivity contribution is -0.139. The minimum Gasteiger partial charge on any atom is -0.354 e. The molecule has 3 rings (SSSR count). The van der Waals surface area contributed by atoms with Crippen LogP contribution < -0.4 is 5.32 Å². The zero-order chi connectivity index (χ0) is 26.8. The van der Waals surface area contributed by atoms with Gasteiger partial charge in [0.2, 0.25) is 11.8 Å². The van der Waals surface area contributed by atoms with Crippen LogP contribution in [0.3, 0.4) is 0 Å². The van der Waals surface area contributed by atoms with Crippen LogP contribution in [0.25, 0.3) is 0 Å². The van der Waals surface area contributed by atoms with Crippen molar-refractivity contribution in [1.29, 1.82) is 0 Å². The van der Waals surface area contributed by atoms with Crippen molar-refractivity contribution in [3.05, 3.63) is 106 Å². The first-order chi connectivity index (χ1) is 17.7. The van der Waals surface area contributed by atoms with Gasteiger partial charge in [0.15, 0.2) is 0 Å². The summed E-state index contributed by atoms with van der Waals surface area (Å²) in [6.45, 7) is 9.17. The normalized spacial score (nSPS) is 11.8. The largest absolute Gasteiger partial charge is 0.354 e. The molecule has 0 spiro atoms. The van der Waals surface area contributed by atoms with E-state index < -0.39 is 6.04 Å². The summed E-state index contributed by atoms with van der Waals surface area (Å²) >= 11 is 7.83. The van der Waals surface area contributed by atoms with Crippen LogP contribution in [-0.4, -0.2) is 35.1 Å². The maximum atomic E-state index is 13.7. The number of halogens is 1. The summed E-state index contributed by atoms with van der Waals surface area (Å²) in [7, 11) is 0. The third-order valence-electron chi connectivity index (χ3n) is 5.97. The molecule has 0 aliphatic rings. The summed E-state index contributed by atoms with van der Waals surface area (Å²) in [4.78, 5) is 28.9. The average molecular weight is 537 g/mol. The Morgan fingerprint density at radius 1 is 0.892 bits per heavy atom. The van der Waals surface area contributed by atoms with E-state index in [0.717, 1.165) is 16.9 Å². The van der Waals surface area contributed by atoms with Gasteiger partial charge in [-0.05, 0) is 48.6 Å². The highest BCUT2D eigenvalue weighted by molar-refractivity contribution is 7.99. The topological polar surface area (TPSA) is 49.4 Å². The van der Waals surface area contributed by atoms with Crippen molar-refractivity contribution < 1.29 is 9.59 Å². The minimum absolute atomic E-state index is 0.0602. The predicted octanol–water partition coefficient (Wildman–Crippen LogP) is 6.60. The molecule has 0 heterocycles. The molecule has 0 fully saturated rings. The summed E-state index contributed by atoms with van der Waals surface area (Å²) < 4.78 is 0. The van der Waals surface area contributed by atoms with Crippen LogP contribution >= 0.6 is 23.4 Å². The maximum Gasteiger partial charge on any atom is 0.243 e. The summed E-state index contributed by atoms with van der Waals surface area (Å²) in [6.07, 6.45) is 0.443. The van der Waals surface area contributed by atoms with Crippen molar-refractivity contribution >= 4 is 35.2 Å². The monoisotopic (exact) mass is 536 g/mol. The number of hydrogen-bond acceptors (Lipinski definition) is 3. The second kappa shape index (κ2) is 14.3. The van der Waals surface area contributed by atoms with E-state index in [1.165, 1.54) is 16.7 Å². The van der Waals surface area contributed by atoms with Gasteiger partial charge in [-0.15, -0.1) is 11.8 Å². The van der Waals surface area contributed by atoms with Gasteiger partial charge in [-0.25, -0.2) is 0 Å². The van der Waals surface area contributed by atoms with Crippen molar-refractivity contribution in [2.45, 2.75) is 52.5 Å². The lowest BCUT2D eigenvalue weighted by Gasteiger charge is -2.32. The van der Waals surface area contributed by atoms with Gasteiger partial charge >= 0.3 is 0 Å². The Labute approximate surface area is 230 Å². The van der Waals surface area contributed by atoms with E-state index in [2.05, 4.69) is 51.2 Å². The molecule has 0 saturated carbocycles. The summed E-state index contributed by atoms with van der Waals surface area (Å²) in [5.41, 5.74) is 5.55. The van der Waals surface area contributed by atoms with Gasteiger partial charge in [0.05, 0.1) is 5.75 Å². The molecular weight excluding hydrogens is 500 g/mol. The first-order valence-corrected chi connectivity index (χ1v) is 14.2. The van der Waals surface area contributed by atoms with E-state index in [4.69, 9.17) is 11.6 Å². The van der Waals surface area contributed by atoms with Gasteiger partial charge in [-0.2, -0.15) is 0 Å². The van der Waals surface area contributed by atoms with Crippen molar-refractivity contribution in [2.75, 3.05) is 12.3 Å². The van der Waals surface area contributed by atoms with Crippen LogP contribution in [-0.2, 0) is 28.3 Å². The summed E-state index contributed by atoms with van der Waals surface area (Å²) in [5, 5.41) is 3.67. The van der Waals surface area contributed by atoms with Crippen molar-refractivity contribution in [3.8, 4) is 0 Å². The van der Waals surface area contributed by atoms with Gasteiger partial charge in [0.1, 0.15) is 6.04 Å². The Morgan fingerprint density at radius 3 is 2.22 bits per heavy atom.